The van der Waals surface area contributed by atoms with Crippen LogP contribution in [0.15, 0.2) is 6.20 Å². The van der Waals surface area contributed by atoms with Gasteiger partial charge in [-0.1, -0.05) is 0 Å². The molecule has 0 aromatic carbocycles. The molecule has 2 N–H and O–H groups in total. The van der Waals surface area contributed by atoms with Crippen molar-refractivity contribution in [2.24, 2.45) is 0 Å². The van der Waals surface area contributed by atoms with Gasteiger partial charge in [0.05, 0.1) is 0 Å². The lowest BCUT2D eigenvalue weighted by Gasteiger charge is -2.22. The molecule has 2 rings (SSSR count). The molecule has 4 heteroatoms. The molecule has 1 fully saturated rings. The van der Waals surface area contributed by atoms with E-state index in [1.807, 2.05) is 13.1 Å². The van der Waals surface area contributed by atoms with Gasteiger partial charge in [-0.25, -0.2) is 4.98 Å². The van der Waals surface area contributed by atoms with Gasteiger partial charge in [-0.3, -0.25) is 0 Å². The van der Waals surface area contributed by atoms with Crippen molar-refractivity contribution < 1.29 is 0 Å². The van der Waals surface area contributed by atoms with E-state index in [0.29, 0.717) is 4.75 Å². The van der Waals surface area contributed by atoms with Crippen molar-refractivity contribution in [1.29, 1.82) is 0 Å². The van der Waals surface area contributed by atoms with Crippen LogP contribution in [-0.4, -0.2) is 27.0 Å². The Morgan fingerprint density at radius 1 is 1.67 bits per heavy atom. The molecule has 1 saturated heterocycles. The van der Waals surface area contributed by atoms with Gasteiger partial charge in [0.15, 0.2) is 0 Å². The van der Waals surface area contributed by atoms with Crippen LogP contribution in [0.3, 0.4) is 0 Å². The van der Waals surface area contributed by atoms with Gasteiger partial charge in [-0.2, -0.15) is 11.8 Å². The second kappa shape index (κ2) is 4.58. The van der Waals surface area contributed by atoms with Gasteiger partial charge in [-0.15, -0.1) is 0 Å². The summed E-state index contributed by atoms with van der Waals surface area (Å²) in [5, 5.41) is 3.51. The number of nitrogens with zero attached hydrogens (tertiary/aromatic N) is 1. The average Bonchev–Trinajstić information content (AvgIpc) is 2.76. The quantitative estimate of drug-likeness (QED) is 0.824. The molecule has 1 aromatic heterocycles. The number of nitrogens with one attached hydrogen (secondary N) is 2. The van der Waals surface area contributed by atoms with Crippen LogP contribution >= 0.6 is 11.8 Å². The van der Waals surface area contributed by atoms with Crippen LogP contribution in [-0.2, 0) is 6.54 Å². The SMILES string of the molecule is Cc1ncc(CNCC2(C)CCCS2)[nH]1. The predicted molar refractivity (Wildman–Crippen MR) is 65.1 cm³/mol. The van der Waals surface area contributed by atoms with Gasteiger partial charge in [-0.05, 0) is 32.4 Å². The number of hydrogen-bond donors (Lipinski definition) is 2. The maximum atomic E-state index is 4.18. The molecule has 0 bridgehead atoms. The van der Waals surface area contributed by atoms with Crippen molar-refractivity contribution in [1.82, 2.24) is 15.3 Å². The van der Waals surface area contributed by atoms with E-state index in [1.165, 1.54) is 24.3 Å². The second-order valence-electron chi connectivity index (χ2n) is 4.50. The third-order valence-corrected chi connectivity index (χ3v) is 4.41. The van der Waals surface area contributed by atoms with Crippen molar-refractivity contribution in [2.45, 2.75) is 38.0 Å². The second-order valence-corrected chi connectivity index (χ2v) is 6.18. The summed E-state index contributed by atoms with van der Waals surface area (Å²) in [4.78, 5) is 7.42. The molecule has 15 heavy (non-hydrogen) atoms. The van der Waals surface area contributed by atoms with Crippen molar-refractivity contribution >= 4 is 11.8 Å². The Morgan fingerprint density at radius 2 is 2.53 bits per heavy atom. The van der Waals surface area contributed by atoms with Crippen molar-refractivity contribution in [3.05, 3.63) is 17.7 Å². The van der Waals surface area contributed by atoms with Crippen LogP contribution < -0.4 is 5.32 Å². The topological polar surface area (TPSA) is 40.7 Å². The summed E-state index contributed by atoms with van der Waals surface area (Å²) in [6.07, 6.45) is 4.62. The lowest BCUT2D eigenvalue weighted by Crippen LogP contribution is -2.32. The molecule has 0 amide bonds. The van der Waals surface area contributed by atoms with Crippen molar-refractivity contribution in [3.8, 4) is 0 Å². The summed E-state index contributed by atoms with van der Waals surface area (Å²) >= 11 is 2.10. The van der Waals surface area contributed by atoms with E-state index in [2.05, 4.69) is 34.0 Å². The normalized spacial score (nSPS) is 26.0. The standard InChI is InChI=1S/C11H19N3S/c1-9-13-7-10(14-9)6-12-8-11(2)4-3-5-15-11/h7,12H,3-6,8H2,1-2H3,(H,13,14). The number of aromatic nitrogens is 2. The Kier molecular flexibility index (Phi) is 3.36. The Bertz CT molecular complexity index is 315. The zero-order valence-electron chi connectivity index (χ0n) is 9.47. The molecule has 0 aliphatic carbocycles. The fourth-order valence-electron chi connectivity index (χ4n) is 2.00. The highest BCUT2D eigenvalue weighted by molar-refractivity contribution is 8.00. The Morgan fingerprint density at radius 3 is 3.13 bits per heavy atom. The number of thioether (sulfide) groups is 1. The predicted octanol–water partition coefficient (Wildman–Crippen LogP) is 2.09. The molecule has 1 aliphatic heterocycles. The Balaban J connectivity index is 1.75. The molecular formula is C11H19N3S. The van der Waals surface area contributed by atoms with E-state index in [1.54, 1.807) is 0 Å². The smallest absolute Gasteiger partial charge is 0.103 e. The number of aromatic amines is 1. The van der Waals surface area contributed by atoms with E-state index >= 15 is 0 Å². The van der Waals surface area contributed by atoms with E-state index in [0.717, 1.165) is 18.9 Å². The van der Waals surface area contributed by atoms with Gasteiger partial charge >= 0.3 is 0 Å². The fraction of sp³-hybridized carbons (Fsp3) is 0.727. The number of aryl methyl sites for hydroxylation is 1. The van der Waals surface area contributed by atoms with E-state index in [4.69, 9.17) is 0 Å². The summed E-state index contributed by atoms with van der Waals surface area (Å²) in [7, 11) is 0. The van der Waals surface area contributed by atoms with Crippen LogP contribution in [0, 0.1) is 6.92 Å². The first-order valence-corrected chi connectivity index (χ1v) is 6.52. The molecule has 0 saturated carbocycles. The van der Waals surface area contributed by atoms with Crippen molar-refractivity contribution in [3.63, 3.8) is 0 Å². The molecule has 1 atom stereocenters. The summed E-state index contributed by atoms with van der Waals surface area (Å²) in [5.74, 6) is 2.31. The largest absolute Gasteiger partial charge is 0.345 e. The molecule has 0 spiro atoms. The molecular weight excluding hydrogens is 206 g/mol. The van der Waals surface area contributed by atoms with Gasteiger partial charge in [0, 0.05) is 29.7 Å². The number of hydrogen-bond acceptors (Lipinski definition) is 3. The third-order valence-electron chi connectivity index (χ3n) is 2.87. The van der Waals surface area contributed by atoms with Crippen LogP contribution in [0.25, 0.3) is 0 Å². The van der Waals surface area contributed by atoms with Gasteiger partial charge in [0.25, 0.3) is 0 Å². The summed E-state index contributed by atoms with van der Waals surface area (Å²) in [6.45, 7) is 6.33. The minimum absolute atomic E-state index is 0.453. The first-order chi connectivity index (χ1) is 7.18. The molecule has 3 nitrogen and oxygen atoms in total. The molecule has 0 radical (unpaired) electrons. The zero-order chi connectivity index (χ0) is 10.7. The molecule has 84 valence electrons. The first-order valence-electron chi connectivity index (χ1n) is 5.53. The fourth-order valence-corrected chi connectivity index (χ4v) is 3.27. The number of H-pyrrole nitrogens is 1. The molecule has 1 aromatic rings. The number of rotatable bonds is 4. The minimum atomic E-state index is 0.453. The van der Waals surface area contributed by atoms with Crippen LogP contribution in [0.4, 0.5) is 0 Å². The van der Waals surface area contributed by atoms with Crippen LogP contribution in [0.5, 0.6) is 0 Å². The first kappa shape index (κ1) is 11.0. The Hall–Kier alpha value is -0.480. The average molecular weight is 225 g/mol. The van der Waals surface area contributed by atoms with Crippen molar-refractivity contribution in [2.75, 3.05) is 12.3 Å². The number of imidazole rings is 1. The lowest BCUT2D eigenvalue weighted by atomic mass is 10.1. The van der Waals surface area contributed by atoms with E-state index < -0.39 is 0 Å². The summed E-state index contributed by atoms with van der Waals surface area (Å²) < 4.78 is 0.453. The zero-order valence-corrected chi connectivity index (χ0v) is 10.3. The highest BCUT2D eigenvalue weighted by Gasteiger charge is 2.28. The van der Waals surface area contributed by atoms with E-state index in [9.17, 15) is 0 Å². The molecule has 2 heterocycles. The van der Waals surface area contributed by atoms with Gasteiger partial charge in [0.1, 0.15) is 5.82 Å². The summed E-state index contributed by atoms with van der Waals surface area (Å²) in [6, 6.07) is 0. The minimum Gasteiger partial charge on any atom is -0.345 e. The highest BCUT2D eigenvalue weighted by Crippen LogP contribution is 2.36. The molecule has 1 aliphatic rings. The Labute approximate surface area is 95.4 Å². The highest BCUT2D eigenvalue weighted by atomic mass is 32.2. The molecule has 1 unspecified atom stereocenters. The summed E-state index contributed by atoms with van der Waals surface area (Å²) in [5.41, 5.74) is 1.18. The van der Waals surface area contributed by atoms with Gasteiger partial charge in [0.2, 0.25) is 0 Å². The van der Waals surface area contributed by atoms with E-state index in [-0.39, 0.29) is 0 Å². The maximum Gasteiger partial charge on any atom is 0.103 e. The van der Waals surface area contributed by atoms with Gasteiger partial charge < -0.3 is 10.3 Å². The maximum absolute atomic E-state index is 4.18. The third kappa shape index (κ3) is 2.98. The lowest BCUT2D eigenvalue weighted by molar-refractivity contribution is 0.534. The van der Waals surface area contributed by atoms with Crippen LogP contribution in [0.1, 0.15) is 31.3 Å². The van der Waals surface area contributed by atoms with Crippen LogP contribution in [0.2, 0.25) is 0 Å². The monoisotopic (exact) mass is 225 g/mol.